The van der Waals surface area contributed by atoms with Gasteiger partial charge in [0.25, 0.3) is 0 Å². The van der Waals surface area contributed by atoms with Crippen LogP contribution in [0.4, 0.5) is 17.3 Å². The molecule has 0 spiro atoms. The van der Waals surface area contributed by atoms with E-state index in [4.69, 9.17) is 23.8 Å². The SMILES string of the molecule is Cc1cc(C)nc(N/C(=N\C(=S)Nc2cccc(C)c2Cl)Nc2cnc3ccccc3c2)n1. The molecule has 166 valence electrons. The topological polar surface area (TPSA) is 87.1 Å². The number of para-hydroxylation sites is 1. The second kappa shape index (κ2) is 9.89. The molecule has 33 heavy (non-hydrogen) atoms. The fraction of sp³-hybridized carbons (Fsp3) is 0.125. The van der Waals surface area contributed by atoms with Gasteiger partial charge in [-0.3, -0.25) is 10.3 Å². The summed E-state index contributed by atoms with van der Waals surface area (Å²) in [5.74, 6) is 0.752. The van der Waals surface area contributed by atoms with Gasteiger partial charge in [0.1, 0.15) is 0 Å². The Morgan fingerprint density at radius 2 is 1.67 bits per heavy atom. The number of thiocarbonyl (C=S) groups is 1. The van der Waals surface area contributed by atoms with Gasteiger partial charge >= 0.3 is 0 Å². The van der Waals surface area contributed by atoms with Gasteiger partial charge in [-0.1, -0.05) is 41.9 Å². The Hall–Kier alpha value is -3.62. The van der Waals surface area contributed by atoms with Crippen LogP contribution in [-0.2, 0) is 0 Å². The van der Waals surface area contributed by atoms with Crippen LogP contribution >= 0.6 is 23.8 Å². The van der Waals surface area contributed by atoms with Gasteiger partial charge in [0.2, 0.25) is 17.0 Å². The Kier molecular flexibility index (Phi) is 6.76. The maximum Gasteiger partial charge on any atom is 0.229 e. The van der Waals surface area contributed by atoms with Crippen LogP contribution in [0, 0.1) is 20.8 Å². The van der Waals surface area contributed by atoms with Crippen molar-refractivity contribution in [3.05, 3.63) is 82.8 Å². The van der Waals surface area contributed by atoms with Crippen LogP contribution in [0.15, 0.2) is 65.8 Å². The van der Waals surface area contributed by atoms with Crippen molar-refractivity contribution in [1.29, 1.82) is 0 Å². The fourth-order valence-electron chi connectivity index (χ4n) is 3.24. The molecule has 0 atom stereocenters. The van der Waals surface area contributed by atoms with E-state index in [9.17, 15) is 0 Å². The van der Waals surface area contributed by atoms with E-state index in [0.717, 1.165) is 33.5 Å². The molecule has 0 fully saturated rings. The normalized spacial score (nSPS) is 11.3. The first kappa shape index (κ1) is 22.6. The second-order valence-electron chi connectivity index (χ2n) is 7.47. The summed E-state index contributed by atoms with van der Waals surface area (Å²) in [5, 5.41) is 11.3. The van der Waals surface area contributed by atoms with E-state index >= 15 is 0 Å². The Morgan fingerprint density at radius 3 is 2.45 bits per heavy atom. The van der Waals surface area contributed by atoms with Gasteiger partial charge in [-0.2, -0.15) is 4.99 Å². The Labute approximate surface area is 202 Å². The van der Waals surface area contributed by atoms with E-state index in [1.54, 1.807) is 6.20 Å². The Morgan fingerprint density at radius 1 is 0.909 bits per heavy atom. The average molecular weight is 476 g/mol. The Bertz CT molecular complexity index is 1350. The summed E-state index contributed by atoms with van der Waals surface area (Å²) >= 11 is 11.9. The van der Waals surface area contributed by atoms with Crippen LogP contribution in [0.25, 0.3) is 10.9 Å². The standard InChI is InChI=1S/C24H22ClN7S/c1-14-7-6-10-20(21(14)25)30-24(33)32-23(31-22-27-15(2)11-16(3)28-22)29-18-12-17-8-4-5-9-19(17)26-13-18/h4-13H,1-3H3,(H3,27,28,29,30,31,32,33). The lowest BCUT2D eigenvalue weighted by Crippen LogP contribution is -2.26. The number of guanidine groups is 1. The van der Waals surface area contributed by atoms with Crippen LogP contribution in [0.5, 0.6) is 0 Å². The van der Waals surface area contributed by atoms with E-state index in [1.807, 2.05) is 75.4 Å². The third-order valence-electron chi connectivity index (χ3n) is 4.71. The zero-order valence-electron chi connectivity index (χ0n) is 18.3. The summed E-state index contributed by atoms with van der Waals surface area (Å²) in [7, 11) is 0. The number of hydrogen-bond donors (Lipinski definition) is 3. The molecule has 0 amide bonds. The number of hydrogen-bond acceptors (Lipinski definition) is 4. The molecule has 0 bridgehead atoms. The van der Waals surface area contributed by atoms with Gasteiger partial charge in [-0.15, -0.1) is 0 Å². The maximum absolute atomic E-state index is 6.39. The van der Waals surface area contributed by atoms with E-state index in [-0.39, 0.29) is 5.11 Å². The van der Waals surface area contributed by atoms with Crippen molar-refractivity contribution in [2.75, 3.05) is 16.0 Å². The van der Waals surface area contributed by atoms with Crippen LogP contribution in [0.1, 0.15) is 17.0 Å². The van der Waals surface area contributed by atoms with E-state index in [2.05, 4.69) is 35.9 Å². The minimum atomic E-state index is 0.218. The number of aliphatic imine (C=N–C) groups is 1. The van der Waals surface area contributed by atoms with Gasteiger partial charge in [-0.25, -0.2) is 9.97 Å². The minimum Gasteiger partial charge on any atom is -0.330 e. The predicted octanol–water partition coefficient (Wildman–Crippen LogP) is 5.88. The van der Waals surface area contributed by atoms with Crippen molar-refractivity contribution in [1.82, 2.24) is 15.0 Å². The highest BCUT2D eigenvalue weighted by Gasteiger charge is 2.10. The lowest BCUT2D eigenvalue weighted by atomic mass is 10.2. The number of benzene rings is 2. The Balaban J connectivity index is 1.64. The van der Waals surface area contributed by atoms with Crippen molar-refractivity contribution >= 4 is 63.1 Å². The van der Waals surface area contributed by atoms with Crippen LogP contribution < -0.4 is 16.0 Å². The van der Waals surface area contributed by atoms with Crippen molar-refractivity contribution in [3.63, 3.8) is 0 Å². The molecule has 0 aliphatic rings. The summed E-state index contributed by atoms with van der Waals surface area (Å²) in [6, 6.07) is 17.4. The van der Waals surface area contributed by atoms with Crippen molar-refractivity contribution < 1.29 is 0 Å². The van der Waals surface area contributed by atoms with Crippen molar-refractivity contribution in [2.24, 2.45) is 4.99 Å². The number of nitrogens with zero attached hydrogens (tertiary/aromatic N) is 4. The number of fused-ring (bicyclic) bond motifs is 1. The number of aromatic nitrogens is 3. The predicted molar refractivity (Wildman–Crippen MR) is 140 cm³/mol. The van der Waals surface area contributed by atoms with Gasteiger partial charge in [0, 0.05) is 16.8 Å². The van der Waals surface area contributed by atoms with Crippen LogP contribution in [-0.4, -0.2) is 26.0 Å². The second-order valence-corrected chi connectivity index (χ2v) is 8.23. The molecular formula is C24H22ClN7S. The molecule has 4 aromatic rings. The van der Waals surface area contributed by atoms with Gasteiger partial charge < -0.3 is 10.6 Å². The van der Waals surface area contributed by atoms with E-state index in [0.29, 0.717) is 22.6 Å². The van der Waals surface area contributed by atoms with Gasteiger partial charge in [0.05, 0.1) is 28.1 Å². The van der Waals surface area contributed by atoms with Crippen LogP contribution in [0.2, 0.25) is 5.02 Å². The molecule has 3 N–H and O–H groups in total. The number of aryl methyl sites for hydroxylation is 3. The molecule has 0 aliphatic carbocycles. The average Bonchev–Trinajstić information content (AvgIpc) is 2.76. The molecule has 0 aliphatic heterocycles. The molecule has 9 heteroatoms. The largest absolute Gasteiger partial charge is 0.330 e. The van der Waals surface area contributed by atoms with Crippen LogP contribution in [0.3, 0.4) is 0 Å². The highest BCUT2D eigenvalue weighted by Crippen LogP contribution is 2.25. The molecule has 2 heterocycles. The highest BCUT2D eigenvalue weighted by atomic mass is 35.5. The highest BCUT2D eigenvalue weighted by molar-refractivity contribution is 7.80. The number of anilines is 3. The summed E-state index contributed by atoms with van der Waals surface area (Å²) in [4.78, 5) is 17.9. The quantitative estimate of drug-likeness (QED) is 0.194. The van der Waals surface area contributed by atoms with E-state index in [1.165, 1.54) is 0 Å². The summed E-state index contributed by atoms with van der Waals surface area (Å²) in [5.41, 5.74) is 4.93. The summed E-state index contributed by atoms with van der Waals surface area (Å²) in [6.45, 7) is 5.74. The number of pyridine rings is 1. The molecule has 0 radical (unpaired) electrons. The molecule has 0 saturated heterocycles. The first-order valence-corrected chi connectivity index (χ1v) is 11.0. The van der Waals surface area contributed by atoms with Gasteiger partial charge in [0.15, 0.2) is 0 Å². The fourth-order valence-corrected chi connectivity index (χ4v) is 3.61. The monoisotopic (exact) mass is 475 g/mol. The molecule has 4 rings (SSSR count). The third-order valence-corrected chi connectivity index (χ3v) is 5.41. The first-order chi connectivity index (χ1) is 15.9. The van der Waals surface area contributed by atoms with Gasteiger partial charge in [-0.05, 0) is 62.8 Å². The molecule has 2 aromatic heterocycles. The zero-order valence-corrected chi connectivity index (χ0v) is 19.9. The first-order valence-electron chi connectivity index (χ1n) is 10.2. The van der Waals surface area contributed by atoms with Crippen molar-refractivity contribution in [3.8, 4) is 0 Å². The molecule has 2 aromatic carbocycles. The summed E-state index contributed by atoms with van der Waals surface area (Å²) < 4.78 is 0. The lowest BCUT2D eigenvalue weighted by Gasteiger charge is -2.14. The third kappa shape index (κ3) is 5.79. The molecule has 0 saturated carbocycles. The molecule has 7 nitrogen and oxygen atoms in total. The summed E-state index contributed by atoms with van der Waals surface area (Å²) in [6.07, 6.45) is 1.73. The van der Waals surface area contributed by atoms with Crippen molar-refractivity contribution in [2.45, 2.75) is 20.8 Å². The smallest absolute Gasteiger partial charge is 0.229 e. The number of halogens is 1. The number of rotatable bonds is 3. The molecular weight excluding hydrogens is 454 g/mol. The van der Waals surface area contributed by atoms with E-state index < -0.39 is 0 Å². The lowest BCUT2D eigenvalue weighted by molar-refractivity contribution is 1.06. The molecule has 0 unspecified atom stereocenters. The minimum absolute atomic E-state index is 0.218. The number of nitrogens with one attached hydrogen (secondary N) is 3. The zero-order chi connectivity index (χ0) is 23.4. The maximum atomic E-state index is 6.39.